The third kappa shape index (κ3) is 3.79. The molecule has 1 saturated heterocycles. The lowest BCUT2D eigenvalue weighted by atomic mass is 9.97. The first kappa shape index (κ1) is 20.1. The summed E-state index contributed by atoms with van der Waals surface area (Å²) in [5.74, 6) is -0.467. The zero-order chi connectivity index (χ0) is 21.3. The molecule has 1 unspecified atom stereocenters. The molecule has 156 valence electrons. The van der Waals surface area contributed by atoms with Crippen molar-refractivity contribution >= 4 is 22.8 Å². The fourth-order valence-corrected chi connectivity index (χ4v) is 4.20. The number of hydrogen-bond donors (Lipinski definition) is 1. The van der Waals surface area contributed by atoms with Crippen LogP contribution in [0.5, 0.6) is 0 Å². The van der Waals surface area contributed by atoms with Crippen LogP contribution in [-0.4, -0.2) is 44.1 Å². The second kappa shape index (κ2) is 8.26. The molecule has 0 radical (unpaired) electrons. The Kier molecular flexibility index (Phi) is 5.53. The molecule has 30 heavy (non-hydrogen) atoms. The van der Waals surface area contributed by atoms with E-state index in [0.717, 1.165) is 35.9 Å². The number of rotatable bonds is 5. The SMILES string of the molecule is CC(C)n1ncc2c(C(=O)N3CCCCC3CC(N)=O)cc(-c3ccccc3)nc21. The van der Waals surface area contributed by atoms with Crippen LogP contribution in [-0.2, 0) is 4.79 Å². The lowest BCUT2D eigenvalue weighted by Crippen LogP contribution is -2.45. The summed E-state index contributed by atoms with van der Waals surface area (Å²) in [5, 5.41) is 5.23. The van der Waals surface area contributed by atoms with Gasteiger partial charge >= 0.3 is 0 Å². The summed E-state index contributed by atoms with van der Waals surface area (Å²) in [6.45, 7) is 4.70. The highest BCUT2D eigenvalue weighted by molar-refractivity contribution is 6.06. The molecular formula is C23H27N5O2. The lowest BCUT2D eigenvalue weighted by Gasteiger charge is -2.35. The Morgan fingerprint density at radius 2 is 1.97 bits per heavy atom. The molecule has 0 spiro atoms. The normalized spacial score (nSPS) is 16.9. The maximum absolute atomic E-state index is 13.7. The van der Waals surface area contributed by atoms with E-state index in [1.54, 1.807) is 6.20 Å². The van der Waals surface area contributed by atoms with Crippen LogP contribution in [0.4, 0.5) is 0 Å². The Morgan fingerprint density at radius 1 is 1.20 bits per heavy atom. The van der Waals surface area contributed by atoms with Crippen molar-refractivity contribution in [2.24, 2.45) is 5.73 Å². The van der Waals surface area contributed by atoms with Crippen LogP contribution in [0.2, 0.25) is 0 Å². The number of carbonyl (C=O) groups excluding carboxylic acids is 2. The fourth-order valence-electron chi connectivity index (χ4n) is 4.20. The van der Waals surface area contributed by atoms with Gasteiger partial charge in [0.05, 0.1) is 22.8 Å². The van der Waals surface area contributed by atoms with Gasteiger partial charge in [-0.15, -0.1) is 0 Å². The van der Waals surface area contributed by atoms with Gasteiger partial charge in [0.25, 0.3) is 5.91 Å². The van der Waals surface area contributed by atoms with E-state index in [0.29, 0.717) is 17.8 Å². The topological polar surface area (TPSA) is 94.1 Å². The maximum atomic E-state index is 13.7. The summed E-state index contributed by atoms with van der Waals surface area (Å²) in [5.41, 5.74) is 8.39. The van der Waals surface area contributed by atoms with E-state index in [1.165, 1.54) is 0 Å². The Morgan fingerprint density at radius 3 is 2.67 bits per heavy atom. The van der Waals surface area contributed by atoms with Crippen LogP contribution >= 0.6 is 0 Å². The molecule has 3 heterocycles. The molecule has 3 aromatic rings. The van der Waals surface area contributed by atoms with Crippen molar-refractivity contribution in [2.75, 3.05) is 6.54 Å². The standard InChI is InChI=1S/C23H27N5O2/c1-15(2)28-22-19(14-25-28)18(13-20(26-22)16-8-4-3-5-9-16)23(30)27-11-7-6-10-17(27)12-21(24)29/h3-5,8-9,13-15,17H,6-7,10-12H2,1-2H3,(H2,24,29). The molecule has 0 saturated carbocycles. The van der Waals surface area contributed by atoms with Crippen LogP contribution in [0.15, 0.2) is 42.6 Å². The molecular weight excluding hydrogens is 378 g/mol. The number of pyridine rings is 1. The van der Waals surface area contributed by atoms with E-state index in [-0.39, 0.29) is 30.3 Å². The van der Waals surface area contributed by atoms with Crippen LogP contribution in [0.1, 0.15) is 55.9 Å². The van der Waals surface area contributed by atoms with E-state index in [9.17, 15) is 9.59 Å². The van der Waals surface area contributed by atoms with Gasteiger partial charge in [-0.25, -0.2) is 9.67 Å². The van der Waals surface area contributed by atoms with Crippen LogP contribution < -0.4 is 5.73 Å². The van der Waals surface area contributed by atoms with Crippen molar-refractivity contribution in [1.82, 2.24) is 19.7 Å². The average molecular weight is 406 g/mol. The van der Waals surface area contributed by atoms with Crippen molar-refractivity contribution in [2.45, 2.75) is 51.6 Å². The van der Waals surface area contributed by atoms with E-state index in [1.807, 2.05) is 59.8 Å². The van der Waals surface area contributed by atoms with Crippen molar-refractivity contribution < 1.29 is 9.59 Å². The molecule has 7 heteroatoms. The summed E-state index contributed by atoms with van der Waals surface area (Å²) in [6, 6.07) is 11.6. The van der Waals surface area contributed by atoms with Crippen LogP contribution in [0, 0.1) is 0 Å². The largest absolute Gasteiger partial charge is 0.370 e. The van der Waals surface area contributed by atoms with Gasteiger partial charge in [0.1, 0.15) is 0 Å². The van der Waals surface area contributed by atoms with Crippen molar-refractivity contribution in [3.63, 3.8) is 0 Å². The van der Waals surface area contributed by atoms with Crippen molar-refractivity contribution in [3.8, 4) is 11.3 Å². The number of nitrogens with zero attached hydrogens (tertiary/aromatic N) is 4. The molecule has 1 aliphatic rings. The number of fused-ring (bicyclic) bond motifs is 1. The predicted molar refractivity (Wildman–Crippen MR) is 116 cm³/mol. The maximum Gasteiger partial charge on any atom is 0.255 e. The molecule has 2 amide bonds. The van der Waals surface area contributed by atoms with Gasteiger partial charge in [-0.05, 0) is 39.2 Å². The number of nitrogens with two attached hydrogens (primary N) is 1. The Labute approximate surface area is 175 Å². The minimum Gasteiger partial charge on any atom is -0.370 e. The highest BCUT2D eigenvalue weighted by Crippen LogP contribution is 2.29. The molecule has 0 aliphatic carbocycles. The summed E-state index contributed by atoms with van der Waals surface area (Å²) in [7, 11) is 0. The highest BCUT2D eigenvalue weighted by Gasteiger charge is 2.30. The van der Waals surface area contributed by atoms with E-state index in [4.69, 9.17) is 10.7 Å². The number of carbonyl (C=O) groups is 2. The van der Waals surface area contributed by atoms with E-state index in [2.05, 4.69) is 5.10 Å². The second-order valence-electron chi connectivity index (χ2n) is 8.16. The Hall–Kier alpha value is -3.22. The molecule has 7 nitrogen and oxygen atoms in total. The van der Waals surface area contributed by atoms with E-state index < -0.39 is 0 Å². The number of primary amides is 1. The molecule has 1 atom stereocenters. The number of hydrogen-bond acceptors (Lipinski definition) is 4. The van der Waals surface area contributed by atoms with Crippen molar-refractivity contribution in [1.29, 1.82) is 0 Å². The van der Waals surface area contributed by atoms with E-state index >= 15 is 0 Å². The highest BCUT2D eigenvalue weighted by atomic mass is 16.2. The molecule has 2 aromatic heterocycles. The molecule has 2 N–H and O–H groups in total. The number of aromatic nitrogens is 3. The molecule has 1 fully saturated rings. The summed E-state index contributed by atoms with van der Waals surface area (Å²) < 4.78 is 1.84. The first-order chi connectivity index (χ1) is 14.5. The summed E-state index contributed by atoms with van der Waals surface area (Å²) in [6.07, 6.45) is 4.62. The lowest BCUT2D eigenvalue weighted by molar-refractivity contribution is -0.119. The molecule has 0 bridgehead atoms. The van der Waals surface area contributed by atoms with Gasteiger partial charge in [-0.1, -0.05) is 30.3 Å². The number of likely N-dealkylation sites (tertiary alicyclic amines) is 1. The number of amides is 2. The van der Waals surface area contributed by atoms with Gasteiger partial charge in [-0.3, -0.25) is 9.59 Å². The Bertz CT molecular complexity index is 1070. The molecule has 4 rings (SSSR count). The third-order valence-electron chi connectivity index (χ3n) is 5.68. The number of piperidine rings is 1. The monoisotopic (exact) mass is 405 g/mol. The zero-order valence-corrected chi connectivity index (χ0v) is 17.4. The first-order valence-electron chi connectivity index (χ1n) is 10.5. The van der Waals surface area contributed by atoms with Crippen molar-refractivity contribution in [3.05, 3.63) is 48.2 Å². The second-order valence-corrected chi connectivity index (χ2v) is 8.16. The summed E-state index contributed by atoms with van der Waals surface area (Å²) >= 11 is 0. The third-order valence-corrected chi connectivity index (χ3v) is 5.68. The number of benzene rings is 1. The van der Waals surface area contributed by atoms with Crippen LogP contribution in [0.25, 0.3) is 22.3 Å². The van der Waals surface area contributed by atoms with Crippen LogP contribution in [0.3, 0.4) is 0 Å². The average Bonchev–Trinajstić information content (AvgIpc) is 3.17. The van der Waals surface area contributed by atoms with Gasteiger partial charge in [0.15, 0.2) is 5.65 Å². The minimum atomic E-state index is -0.378. The first-order valence-corrected chi connectivity index (χ1v) is 10.5. The molecule has 1 aliphatic heterocycles. The zero-order valence-electron chi connectivity index (χ0n) is 17.4. The van der Waals surface area contributed by atoms with Gasteiger partial charge in [0.2, 0.25) is 5.91 Å². The van der Waals surface area contributed by atoms with Gasteiger partial charge in [-0.2, -0.15) is 5.10 Å². The van der Waals surface area contributed by atoms with Gasteiger partial charge in [0, 0.05) is 30.6 Å². The molecule has 1 aromatic carbocycles. The quantitative estimate of drug-likeness (QED) is 0.702. The smallest absolute Gasteiger partial charge is 0.255 e. The predicted octanol–water partition coefficient (Wildman–Crippen LogP) is 3.55. The Balaban J connectivity index is 1.84. The van der Waals surface area contributed by atoms with Gasteiger partial charge < -0.3 is 10.6 Å². The minimum absolute atomic E-state index is 0.0890. The fraction of sp³-hybridized carbons (Fsp3) is 0.391. The summed E-state index contributed by atoms with van der Waals surface area (Å²) in [4.78, 5) is 31.9.